The molecule has 108 valence electrons. The van der Waals surface area contributed by atoms with Gasteiger partial charge in [-0.2, -0.15) is 0 Å². The van der Waals surface area contributed by atoms with Crippen LogP contribution in [0.4, 0.5) is 5.69 Å². The number of nitrogens with one attached hydrogen (secondary N) is 2. The van der Waals surface area contributed by atoms with Gasteiger partial charge in [-0.3, -0.25) is 14.6 Å². The molecule has 0 saturated carbocycles. The van der Waals surface area contributed by atoms with Crippen molar-refractivity contribution in [2.75, 3.05) is 5.32 Å². The lowest BCUT2D eigenvalue weighted by Gasteiger charge is -2.08. The summed E-state index contributed by atoms with van der Waals surface area (Å²) in [6.45, 7) is 0.134. The second kappa shape index (κ2) is 6.71. The summed E-state index contributed by atoms with van der Waals surface area (Å²) < 4.78 is 0. The zero-order chi connectivity index (χ0) is 15.2. The van der Waals surface area contributed by atoms with Crippen molar-refractivity contribution >= 4 is 29.1 Å². The molecule has 0 aliphatic carbocycles. The number of phenols is 1. The lowest BCUT2D eigenvalue weighted by atomic mass is 10.3. The van der Waals surface area contributed by atoms with Gasteiger partial charge in [0.1, 0.15) is 5.75 Å². The summed E-state index contributed by atoms with van der Waals surface area (Å²) in [7, 11) is 0. The summed E-state index contributed by atoms with van der Waals surface area (Å²) in [6.07, 6.45) is 1.59. The Labute approximate surface area is 125 Å². The molecule has 1 aromatic carbocycles. The Bertz CT molecular complexity index is 662. The smallest absolute Gasteiger partial charge is 0.313 e. The molecule has 1 aromatic heterocycles. The van der Waals surface area contributed by atoms with E-state index in [2.05, 4.69) is 15.6 Å². The number of benzene rings is 1. The van der Waals surface area contributed by atoms with Crippen LogP contribution in [0.5, 0.6) is 5.75 Å². The Morgan fingerprint density at radius 3 is 2.71 bits per heavy atom. The van der Waals surface area contributed by atoms with Gasteiger partial charge in [-0.05, 0) is 30.3 Å². The molecule has 3 N–H and O–H groups in total. The number of halogens is 1. The summed E-state index contributed by atoms with van der Waals surface area (Å²) in [4.78, 5) is 27.4. The number of pyridine rings is 1. The van der Waals surface area contributed by atoms with E-state index in [0.29, 0.717) is 10.7 Å². The SMILES string of the molecule is O=C(NCc1ccccn1)C(=O)Nc1cc(Cl)ccc1O. The highest BCUT2D eigenvalue weighted by atomic mass is 35.5. The zero-order valence-electron chi connectivity index (χ0n) is 10.8. The minimum absolute atomic E-state index is 0.0699. The molecule has 7 heteroatoms. The molecule has 2 aromatic rings. The molecule has 1 heterocycles. The van der Waals surface area contributed by atoms with Gasteiger partial charge >= 0.3 is 11.8 Å². The number of carbonyl (C=O) groups is 2. The second-order valence-electron chi connectivity index (χ2n) is 4.12. The van der Waals surface area contributed by atoms with Crippen molar-refractivity contribution in [2.45, 2.75) is 6.54 Å². The van der Waals surface area contributed by atoms with Crippen LogP contribution in [0, 0.1) is 0 Å². The van der Waals surface area contributed by atoms with Crippen LogP contribution in [0.2, 0.25) is 5.02 Å². The predicted molar refractivity (Wildman–Crippen MR) is 77.8 cm³/mol. The van der Waals surface area contributed by atoms with Crippen molar-refractivity contribution in [2.24, 2.45) is 0 Å². The first kappa shape index (κ1) is 14.8. The van der Waals surface area contributed by atoms with Crippen LogP contribution in [0.3, 0.4) is 0 Å². The summed E-state index contributed by atoms with van der Waals surface area (Å²) in [6, 6.07) is 9.39. The molecule has 2 amide bonds. The Kier molecular flexibility index (Phi) is 4.73. The molecule has 0 aliphatic rings. The number of aromatic nitrogens is 1. The van der Waals surface area contributed by atoms with Crippen molar-refractivity contribution in [3.8, 4) is 5.75 Å². The summed E-state index contributed by atoms with van der Waals surface area (Å²) >= 11 is 5.75. The van der Waals surface area contributed by atoms with Crippen LogP contribution in [0.15, 0.2) is 42.6 Å². The normalized spacial score (nSPS) is 9.95. The summed E-state index contributed by atoms with van der Waals surface area (Å²) in [5.41, 5.74) is 0.699. The van der Waals surface area contributed by atoms with Gasteiger partial charge in [0.05, 0.1) is 17.9 Å². The van der Waals surface area contributed by atoms with Crippen molar-refractivity contribution < 1.29 is 14.7 Å². The number of anilines is 1. The first-order chi connectivity index (χ1) is 10.1. The van der Waals surface area contributed by atoms with Gasteiger partial charge in [-0.25, -0.2) is 0 Å². The van der Waals surface area contributed by atoms with Crippen LogP contribution >= 0.6 is 11.6 Å². The number of aromatic hydroxyl groups is 1. The second-order valence-corrected chi connectivity index (χ2v) is 4.56. The number of amides is 2. The van der Waals surface area contributed by atoms with Gasteiger partial charge in [0, 0.05) is 11.2 Å². The maximum Gasteiger partial charge on any atom is 0.313 e. The molecule has 0 aliphatic heterocycles. The zero-order valence-corrected chi connectivity index (χ0v) is 11.6. The van der Waals surface area contributed by atoms with Crippen molar-refractivity contribution in [1.82, 2.24) is 10.3 Å². The maximum absolute atomic E-state index is 11.7. The molecular weight excluding hydrogens is 294 g/mol. The number of hydrogen-bond donors (Lipinski definition) is 3. The predicted octanol–water partition coefficient (Wildman–Crippen LogP) is 1.70. The fraction of sp³-hybridized carbons (Fsp3) is 0.0714. The Morgan fingerprint density at radius 1 is 1.19 bits per heavy atom. The summed E-state index contributed by atoms with van der Waals surface area (Å²) in [5.74, 6) is -1.91. The Balaban J connectivity index is 1.94. The lowest BCUT2D eigenvalue weighted by molar-refractivity contribution is -0.136. The lowest BCUT2D eigenvalue weighted by Crippen LogP contribution is -2.35. The highest BCUT2D eigenvalue weighted by Crippen LogP contribution is 2.26. The number of hydrogen-bond acceptors (Lipinski definition) is 4. The molecule has 0 bridgehead atoms. The fourth-order valence-corrected chi connectivity index (χ4v) is 1.71. The fourth-order valence-electron chi connectivity index (χ4n) is 1.54. The third kappa shape index (κ3) is 4.19. The third-order valence-corrected chi connectivity index (χ3v) is 2.80. The van der Waals surface area contributed by atoms with Crippen LogP contribution in [0.1, 0.15) is 5.69 Å². The molecule has 0 spiro atoms. The first-order valence-electron chi connectivity index (χ1n) is 6.04. The third-order valence-electron chi connectivity index (χ3n) is 2.57. The largest absolute Gasteiger partial charge is 0.506 e. The van der Waals surface area contributed by atoms with Gasteiger partial charge in [0.25, 0.3) is 0 Å². The van der Waals surface area contributed by atoms with Gasteiger partial charge in [0.2, 0.25) is 0 Å². The molecule has 2 rings (SSSR count). The summed E-state index contributed by atoms with van der Waals surface area (Å²) in [5, 5.41) is 14.6. The van der Waals surface area contributed by atoms with Gasteiger partial charge < -0.3 is 15.7 Å². The average Bonchev–Trinajstić information content (AvgIpc) is 2.49. The van der Waals surface area contributed by atoms with Crippen molar-refractivity contribution in [3.05, 3.63) is 53.3 Å². The van der Waals surface area contributed by atoms with E-state index in [1.165, 1.54) is 18.2 Å². The van der Waals surface area contributed by atoms with Crippen molar-refractivity contribution in [3.63, 3.8) is 0 Å². The molecule has 6 nitrogen and oxygen atoms in total. The molecule has 0 radical (unpaired) electrons. The standard InChI is InChI=1S/C14H12ClN3O3/c15-9-4-5-12(19)11(7-9)18-14(21)13(20)17-8-10-3-1-2-6-16-10/h1-7,19H,8H2,(H,17,20)(H,18,21). The van der Waals surface area contributed by atoms with E-state index in [9.17, 15) is 14.7 Å². The molecule has 0 saturated heterocycles. The molecule has 21 heavy (non-hydrogen) atoms. The van der Waals surface area contributed by atoms with Gasteiger partial charge in [-0.1, -0.05) is 17.7 Å². The van der Waals surface area contributed by atoms with E-state index in [1.54, 1.807) is 24.4 Å². The molecule has 0 fully saturated rings. The highest BCUT2D eigenvalue weighted by Gasteiger charge is 2.15. The first-order valence-corrected chi connectivity index (χ1v) is 6.41. The van der Waals surface area contributed by atoms with Gasteiger partial charge in [-0.15, -0.1) is 0 Å². The van der Waals surface area contributed by atoms with E-state index in [-0.39, 0.29) is 18.0 Å². The minimum atomic E-state index is -0.900. The van der Waals surface area contributed by atoms with E-state index < -0.39 is 11.8 Å². The average molecular weight is 306 g/mol. The number of rotatable bonds is 3. The Hall–Kier alpha value is -2.60. The quantitative estimate of drug-likeness (QED) is 0.594. The van der Waals surface area contributed by atoms with Crippen molar-refractivity contribution in [1.29, 1.82) is 0 Å². The number of carbonyl (C=O) groups excluding carboxylic acids is 2. The minimum Gasteiger partial charge on any atom is -0.506 e. The van der Waals surface area contributed by atoms with E-state index in [1.807, 2.05) is 0 Å². The van der Waals surface area contributed by atoms with Crippen LogP contribution in [-0.2, 0) is 16.1 Å². The molecule has 0 atom stereocenters. The Morgan fingerprint density at radius 2 is 2.00 bits per heavy atom. The van der Waals surface area contributed by atoms with Crippen LogP contribution in [0.25, 0.3) is 0 Å². The molecule has 0 unspecified atom stereocenters. The number of nitrogens with zero attached hydrogens (tertiary/aromatic N) is 1. The van der Waals surface area contributed by atoms with E-state index in [4.69, 9.17) is 11.6 Å². The topological polar surface area (TPSA) is 91.3 Å². The van der Waals surface area contributed by atoms with Crippen LogP contribution in [-0.4, -0.2) is 21.9 Å². The van der Waals surface area contributed by atoms with E-state index >= 15 is 0 Å². The monoisotopic (exact) mass is 305 g/mol. The van der Waals surface area contributed by atoms with Gasteiger partial charge in [0.15, 0.2) is 0 Å². The maximum atomic E-state index is 11.7. The number of phenolic OH excluding ortho intramolecular Hbond substituents is 1. The molecular formula is C14H12ClN3O3. The van der Waals surface area contributed by atoms with E-state index in [0.717, 1.165) is 0 Å². The van der Waals surface area contributed by atoms with Crippen LogP contribution < -0.4 is 10.6 Å². The highest BCUT2D eigenvalue weighted by molar-refractivity contribution is 6.40.